The molecule has 0 bridgehead atoms. The number of alkyl halides is 3. The first-order chi connectivity index (χ1) is 11.7. The van der Waals surface area contributed by atoms with Crippen molar-refractivity contribution < 1.29 is 27.9 Å². The fourth-order valence-corrected chi connectivity index (χ4v) is 2.48. The zero-order valence-corrected chi connectivity index (χ0v) is 14.1. The van der Waals surface area contributed by atoms with Gasteiger partial charge in [-0.25, -0.2) is 9.78 Å². The number of nitrogens with zero attached hydrogens (tertiary/aromatic N) is 1. The molecule has 2 aromatic rings. The molecule has 1 amide bonds. The van der Waals surface area contributed by atoms with Crippen molar-refractivity contribution in [3.05, 3.63) is 63.9 Å². The van der Waals surface area contributed by atoms with E-state index < -0.39 is 29.7 Å². The van der Waals surface area contributed by atoms with Crippen LogP contribution in [0.4, 0.5) is 13.2 Å². The molecular weight excluding hydrogens is 405 g/mol. The SMILES string of the molecule is O=C(N[C@@H](Cc1cccnc1Br)C(=O)O)c1cccc(C(F)(F)F)c1. The molecule has 1 atom stereocenters. The topological polar surface area (TPSA) is 79.3 Å². The first-order valence-electron chi connectivity index (χ1n) is 6.99. The highest BCUT2D eigenvalue weighted by atomic mass is 79.9. The second-order valence-corrected chi connectivity index (χ2v) is 5.85. The number of benzene rings is 1. The van der Waals surface area contributed by atoms with Crippen LogP contribution >= 0.6 is 15.9 Å². The van der Waals surface area contributed by atoms with Gasteiger partial charge in [-0.1, -0.05) is 12.1 Å². The largest absolute Gasteiger partial charge is 0.480 e. The van der Waals surface area contributed by atoms with Gasteiger partial charge in [0, 0.05) is 18.2 Å². The van der Waals surface area contributed by atoms with Crippen LogP contribution in [0.3, 0.4) is 0 Å². The number of aromatic nitrogens is 1. The van der Waals surface area contributed by atoms with Crippen LogP contribution in [0.15, 0.2) is 47.2 Å². The summed E-state index contributed by atoms with van der Waals surface area (Å²) in [5, 5.41) is 11.5. The van der Waals surface area contributed by atoms with E-state index in [0.29, 0.717) is 16.2 Å². The molecule has 5 nitrogen and oxygen atoms in total. The molecule has 1 heterocycles. The number of carboxylic acid groups (broad SMARTS) is 1. The molecule has 0 aliphatic carbocycles. The summed E-state index contributed by atoms with van der Waals surface area (Å²) in [7, 11) is 0. The van der Waals surface area contributed by atoms with E-state index in [9.17, 15) is 27.9 Å². The van der Waals surface area contributed by atoms with E-state index in [1.165, 1.54) is 12.3 Å². The summed E-state index contributed by atoms with van der Waals surface area (Å²) >= 11 is 3.17. The Morgan fingerprint density at radius 3 is 2.56 bits per heavy atom. The van der Waals surface area contributed by atoms with Gasteiger partial charge in [0.1, 0.15) is 10.6 Å². The normalized spacial score (nSPS) is 12.5. The molecule has 0 saturated carbocycles. The molecule has 9 heteroatoms. The second-order valence-electron chi connectivity index (χ2n) is 5.10. The first kappa shape index (κ1) is 18.9. The van der Waals surface area contributed by atoms with Crippen LogP contribution in [-0.4, -0.2) is 28.0 Å². The molecule has 2 N–H and O–H groups in total. The van der Waals surface area contributed by atoms with Crippen molar-refractivity contribution in [2.45, 2.75) is 18.6 Å². The van der Waals surface area contributed by atoms with Crippen LogP contribution in [0.2, 0.25) is 0 Å². The van der Waals surface area contributed by atoms with Gasteiger partial charge in [0.15, 0.2) is 0 Å². The van der Waals surface area contributed by atoms with Gasteiger partial charge < -0.3 is 10.4 Å². The van der Waals surface area contributed by atoms with Crippen LogP contribution in [-0.2, 0) is 17.4 Å². The van der Waals surface area contributed by atoms with E-state index >= 15 is 0 Å². The lowest BCUT2D eigenvalue weighted by Gasteiger charge is -2.16. The summed E-state index contributed by atoms with van der Waals surface area (Å²) in [4.78, 5) is 27.5. The smallest absolute Gasteiger partial charge is 0.416 e. The molecule has 0 spiro atoms. The summed E-state index contributed by atoms with van der Waals surface area (Å²) in [5.74, 6) is -2.21. The number of carbonyl (C=O) groups excluding carboxylic acids is 1. The van der Waals surface area contributed by atoms with E-state index in [1.54, 1.807) is 12.1 Å². The maximum atomic E-state index is 12.7. The molecule has 0 unspecified atom stereocenters. The molecule has 0 fully saturated rings. The minimum atomic E-state index is -4.59. The molecule has 2 rings (SSSR count). The lowest BCUT2D eigenvalue weighted by molar-refractivity contribution is -0.139. The predicted molar refractivity (Wildman–Crippen MR) is 86.0 cm³/mol. The Labute approximate surface area is 149 Å². The van der Waals surface area contributed by atoms with Crippen molar-refractivity contribution in [1.29, 1.82) is 0 Å². The third kappa shape index (κ3) is 5.02. The average molecular weight is 417 g/mol. The van der Waals surface area contributed by atoms with Crippen molar-refractivity contribution in [3.63, 3.8) is 0 Å². The van der Waals surface area contributed by atoms with Gasteiger partial charge in [-0.2, -0.15) is 13.2 Å². The molecule has 0 radical (unpaired) electrons. The van der Waals surface area contributed by atoms with Gasteiger partial charge in [-0.15, -0.1) is 0 Å². The van der Waals surface area contributed by atoms with Gasteiger partial charge in [-0.05, 0) is 45.8 Å². The molecule has 0 aliphatic rings. The average Bonchev–Trinajstić information content (AvgIpc) is 2.55. The van der Waals surface area contributed by atoms with Crippen LogP contribution in [0, 0.1) is 0 Å². The Kier molecular flexibility index (Phi) is 5.78. The number of carboxylic acids is 1. The van der Waals surface area contributed by atoms with Crippen molar-refractivity contribution in [2.75, 3.05) is 0 Å². The lowest BCUT2D eigenvalue weighted by atomic mass is 10.1. The number of amides is 1. The number of nitrogens with one attached hydrogen (secondary N) is 1. The highest BCUT2D eigenvalue weighted by molar-refractivity contribution is 9.10. The van der Waals surface area contributed by atoms with Gasteiger partial charge >= 0.3 is 12.1 Å². The maximum absolute atomic E-state index is 12.7. The molecular formula is C16H12BrF3N2O3. The molecule has 132 valence electrons. The standard InChI is InChI=1S/C16H12BrF3N2O3/c17-13-9(4-2-6-21-13)8-12(15(24)25)22-14(23)10-3-1-5-11(7-10)16(18,19)20/h1-7,12H,8H2,(H,22,23)(H,24,25)/t12-/m0/s1. The van der Waals surface area contributed by atoms with Gasteiger partial charge in [0.2, 0.25) is 0 Å². The number of aliphatic carboxylic acids is 1. The van der Waals surface area contributed by atoms with Gasteiger partial charge in [0.25, 0.3) is 5.91 Å². The van der Waals surface area contributed by atoms with Gasteiger partial charge in [-0.3, -0.25) is 4.79 Å². The van der Waals surface area contributed by atoms with Gasteiger partial charge in [0.05, 0.1) is 5.56 Å². The highest BCUT2D eigenvalue weighted by Gasteiger charge is 2.31. The summed E-state index contributed by atoms with van der Waals surface area (Å²) in [5.41, 5.74) is -0.715. The molecule has 0 aliphatic heterocycles. The fourth-order valence-electron chi connectivity index (χ4n) is 2.07. The Balaban J connectivity index is 2.18. The number of rotatable bonds is 5. The Hall–Kier alpha value is -2.42. The summed E-state index contributed by atoms with van der Waals surface area (Å²) < 4.78 is 38.6. The van der Waals surface area contributed by atoms with E-state index in [0.717, 1.165) is 12.1 Å². The third-order valence-electron chi connectivity index (χ3n) is 3.32. The third-order valence-corrected chi connectivity index (χ3v) is 4.03. The minimum absolute atomic E-state index is 0.0749. The Morgan fingerprint density at radius 2 is 1.96 bits per heavy atom. The monoisotopic (exact) mass is 416 g/mol. The predicted octanol–water partition coefficient (Wildman–Crippen LogP) is 3.29. The van der Waals surface area contributed by atoms with Crippen molar-refractivity contribution >= 4 is 27.8 Å². The minimum Gasteiger partial charge on any atom is -0.480 e. The molecule has 0 saturated heterocycles. The molecule has 1 aromatic heterocycles. The maximum Gasteiger partial charge on any atom is 0.416 e. The number of carbonyl (C=O) groups is 2. The van der Waals surface area contributed by atoms with Crippen LogP contribution in [0.1, 0.15) is 21.5 Å². The number of hydrogen-bond donors (Lipinski definition) is 2. The van der Waals surface area contributed by atoms with Crippen LogP contribution < -0.4 is 5.32 Å². The lowest BCUT2D eigenvalue weighted by Crippen LogP contribution is -2.42. The van der Waals surface area contributed by atoms with Crippen molar-refractivity contribution in [2.24, 2.45) is 0 Å². The Morgan fingerprint density at radius 1 is 1.24 bits per heavy atom. The van der Waals surface area contributed by atoms with E-state index in [1.807, 2.05) is 0 Å². The second kappa shape index (κ2) is 7.64. The summed E-state index contributed by atoms with van der Waals surface area (Å²) in [6, 6.07) is 5.70. The Bertz CT molecular complexity index is 796. The zero-order chi connectivity index (χ0) is 18.6. The molecule has 25 heavy (non-hydrogen) atoms. The van der Waals surface area contributed by atoms with Crippen LogP contribution in [0.25, 0.3) is 0 Å². The molecule has 1 aromatic carbocycles. The fraction of sp³-hybridized carbons (Fsp3) is 0.188. The quantitative estimate of drug-likeness (QED) is 0.732. The zero-order valence-electron chi connectivity index (χ0n) is 12.5. The van der Waals surface area contributed by atoms with E-state index in [4.69, 9.17) is 0 Å². The van der Waals surface area contributed by atoms with Crippen molar-refractivity contribution in [1.82, 2.24) is 10.3 Å². The first-order valence-corrected chi connectivity index (χ1v) is 7.78. The van der Waals surface area contributed by atoms with E-state index in [-0.39, 0.29) is 12.0 Å². The summed E-state index contributed by atoms with van der Waals surface area (Å²) in [6.07, 6.45) is -3.16. The number of pyridine rings is 1. The highest BCUT2D eigenvalue weighted by Crippen LogP contribution is 2.29. The number of hydrogen-bond acceptors (Lipinski definition) is 3. The van der Waals surface area contributed by atoms with Crippen molar-refractivity contribution in [3.8, 4) is 0 Å². The van der Waals surface area contributed by atoms with E-state index in [2.05, 4.69) is 26.2 Å². The van der Waals surface area contributed by atoms with Crippen LogP contribution in [0.5, 0.6) is 0 Å². The number of halogens is 4. The summed E-state index contributed by atoms with van der Waals surface area (Å²) in [6.45, 7) is 0.